The molecule has 4 heterocycles. The molecule has 0 aromatic carbocycles. The van der Waals surface area contributed by atoms with Crippen molar-refractivity contribution in [2.24, 2.45) is 7.05 Å². The summed E-state index contributed by atoms with van der Waals surface area (Å²) < 4.78 is 3.41. The van der Waals surface area contributed by atoms with Gasteiger partial charge in [-0.1, -0.05) is 5.21 Å². The molecular weight excluding hydrogens is 394 g/mol. The zero-order chi connectivity index (χ0) is 21.2. The lowest BCUT2D eigenvalue weighted by Gasteiger charge is -2.01. The molecule has 160 valence electrons. The van der Waals surface area contributed by atoms with Crippen molar-refractivity contribution in [2.75, 3.05) is 0 Å². The molecular formula is C21H25N9O. The minimum absolute atomic E-state index is 0.240. The molecule has 5 rings (SSSR count). The van der Waals surface area contributed by atoms with Crippen LogP contribution in [0.25, 0.3) is 11.0 Å². The minimum atomic E-state index is -0.240. The van der Waals surface area contributed by atoms with E-state index in [0.29, 0.717) is 24.7 Å². The summed E-state index contributed by atoms with van der Waals surface area (Å²) in [6.07, 6.45) is 10.5. The summed E-state index contributed by atoms with van der Waals surface area (Å²) in [5.74, 6) is 0.443. The number of carbonyl (C=O) groups is 1. The number of fused-ring (bicyclic) bond motifs is 1. The molecule has 1 aliphatic carbocycles. The van der Waals surface area contributed by atoms with E-state index in [1.165, 1.54) is 18.5 Å². The van der Waals surface area contributed by atoms with Crippen LogP contribution in [0.15, 0.2) is 30.7 Å². The summed E-state index contributed by atoms with van der Waals surface area (Å²) in [4.78, 5) is 15.6. The highest BCUT2D eigenvalue weighted by Gasteiger charge is 2.25. The number of aryl methyl sites for hydroxylation is 3. The second-order valence-corrected chi connectivity index (χ2v) is 8.17. The van der Waals surface area contributed by atoms with Crippen LogP contribution in [-0.2, 0) is 26.6 Å². The van der Waals surface area contributed by atoms with Crippen LogP contribution in [0, 0.1) is 0 Å². The van der Waals surface area contributed by atoms with E-state index in [2.05, 4.69) is 48.0 Å². The number of rotatable bonds is 9. The van der Waals surface area contributed by atoms with Crippen molar-refractivity contribution in [1.29, 1.82) is 0 Å². The van der Waals surface area contributed by atoms with Crippen LogP contribution in [-0.4, -0.2) is 45.9 Å². The van der Waals surface area contributed by atoms with Crippen LogP contribution in [0.2, 0.25) is 0 Å². The summed E-state index contributed by atoms with van der Waals surface area (Å²) in [7, 11) is 1.84. The molecule has 1 amide bonds. The topological polar surface area (TPSA) is 119 Å². The highest BCUT2D eigenvalue weighted by atomic mass is 16.2. The van der Waals surface area contributed by atoms with Crippen LogP contribution in [0.3, 0.4) is 0 Å². The van der Waals surface area contributed by atoms with Crippen LogP contribution >= 0.6 is 0 Å². The molecule has 10 heteroatoms. The molecule has 0 unspecified atom stereocenters. The maximum absolute atomic E-state index is 12.2. The van der Waals surface area contributed by atoms with Gasteiger partial charge in [0.1, 0.15) is 0 Å². The number of nitrogens with one attached hydrogen (secondary N) is 2. The number of unbranched alkanes of at least 4 members (excludes halogenated alkanes) is 1. The molecule has 0 spiro atoms. The maximum atomic E-state index is 12.2. The highest BCUT2D eigenvalue weighted by molar-refractivity contribution is 5.91. The number of H-pyrrole nitrogens is 1. The van der Waals surface area contributed by atoms with Crippen molar-refractivity contribution in [2.45, 2.75) is 51.1 Å². The molecule has 1 fully saturated rings. The van der Waals surface area contributed by atoms with Gasteiger partial charge in [0, 0.05) is 43.0 Å². The van der Waals surface area contributed by atoms with Gasteiger partial charge in [-0.2, -0.15) is 10.2 Å². The Morgan fingerprint density at radius 1 is 1.19 bits per heavy atom. The second-order valence-electron chi connectivity index (χ2n) is 8.17. The first-order valence-electron chi connectivity index (χ1n) is 10.6. The molecule has 2 N–H and O–H groups in total. The van der Waals surface area contributed by atoms with E-state index in [1.54, 1.807) is 21.8 Å². The van der Waals surface area contributed by atoms with E-state index < -0.39 is 0 Å². The van der Waals surface area contributed by atoms with Gasteiger partial charge in [0.25, 0.3) is 5.91 Å². The normalized spacial score (nSPS) is 13.7. The summed E-state index contributed by atoms with van der Waals surface area (Å²) in [6, 6.07) is 4.34. The van der Waals surface area contributed by atoms with Crippen LogP contribution < -0.4 is 5.32 Å². The van der Waals surface area contributed by atoms with Gasteiger partial charge in [-0.15, -0.1) is 10.2 Å². The number of carbonyl (C=O) groups excluding carboxylic acids is 1. The van der Waals surface area contributed by atoms with Gasteiger partial charge in [0.2, 0.25) is 0 Å². The standard InChI is InChI=1S/C21H25N9O/c1-29-12-14(11-23-29)10-22-21(31)19-13-30(28-26-19)7-3-2-4-17-8-16-9-18(15-5-6-15)24-20(16)27-25-17/h8-9,11-13,15H,2-7,10H2,1H3,(H,22,31)(H,24,27). The molecule has 0 saturated heterocycles. The van der Waals surface area contributed by atoms with Gasteiger partial charge >= 0.3 is 0 Å². The predicted octanol–water partition coefficient (Wildman–Crippen LogP) is 2.11. The third kappa shape index (κ3) is 4.62. The molecule has 0 bridgehead atoms. The Hall–Kier alpha value is -3.56. The van der Waals surface area contributed by atoms with E-state index in [0.717, 1.165) is 41.6 Å². The Bertz CT molecular complexity index is 1200. The summed E-state index contributed by atoms with van der Waals surface area (Å²) in [5, 5.41) is 24.8. The van der Waals surface area contributed by atoms with Crippen molar-refractivity contribution in [3.63, 3.8) is 0 Å². The second kappa shape index (κ2) is 8.29. The van der Waals surface area contributed by atoms with E-state index in [1.807, 2.05) is 13.2 Å². The van der Waals surface area contributed by atoms with E-state index >= 15 is 0 Å². The molecule has 0 aliphatic heterocycles. The quantitative estimate of drug-likeness (QED) is 0.401. The number of amides is 1. The van der Waals surface area contributed by atoms with Crippen LogP contribution in [0.4, 0.5) is 0 Å². The summed E-state index contributed by atoms with van der Waals surface area (Å²) >= 11 is 0. The first-order valence-corrected chi connectivity index (χ1v) is 10.6. The predicted molar refractivity (Wildman–Crippen MR) is 113 cm³/mol. The van der Waals surface area contributed by atoms with Gasteiger partial charge in [-0.05, 0) is 50.2 Å². The maximum Gasteiger partial charge on any atom is 0.273 e. The van der Waals surface area contributed by atoms with Crippen LogP contribution in [0.1, 0.15) is 59.0 Å². The van der Waals surface area contributed by atoms with Crippen molar-refractivity contribution in [3.05, 3.63) is 53.4 Å². The molecule has 4 aromatic rings. The van der Waals surface area contributed by atoms with Gasteiger partial charge in [-0.25, -0.2) is 0 Å². The highest BCUT2D eigenvalue weighted by Crippen LogP contribution is 2.40. The molecule has 1 saturated carbocycles. The monoisotopic (exact) mass is 419 g/mol. The Kier molecular flexibility index (Phi) is 5.19. The molecule has 1 aliphatic rings. The lowest BCUT2D eigenvalue weighted by atomic mass is 10.1. The van der Waals surface area contributed by atoms with E-state index in [9.17, 15) is 4.79 Å². The average Bonchev–Trinajstić information content (AvgIpc) is 3.16. The molecule has 31 heavy (non-hydrogen) atoms. The fourth-order valence-electron chi connectivity index (χ4n) is 3.66. The number of nitrogens with zero attached hydrogens (tertiary/aromatic N) is 7. The van der Waals surface area contributed by atoms with Gasteiger partial charge in [0.05, 0.1) is 18.1 Å². The van der Waals surface area contributed by atoms with Gasteiger partial charge in [0.15, 0.2) is 11.3 Å². The van der Waals surface area contributed by atoms with Gasteiger partial charge in [-0.3, -0.25) is 14.2 Å². The first kappa shape index (κ1) is 19.4. The number of hydrogen-bond acceptors (Lipinski definition) is 6. The molecule has 0 atom stereocenters. The average molecular weight is 419 g/mol. The largest absolute Gasteiger partial charge is 0.346 e. The van der Waals surface area contributed by atoms with E-state index in [-0.39, 0.29) is 5.91 Å². The Labute approximate surface area is 179 Å². The molecule has 0 radical (unpaired) electrons. The number of hydrogen-bond donors (Lipinski definition) is 2. The zero-order valence-electron chi connectivity index (χ0n) is 17.5. The first-order chi connectivity index (χ1) is 15.1. The SMILES string of the molecule is Cn1cc(CNC(=O)c2cn(CCCCc3cc4cc(C5CC5)[nH]c4nn3)nn2)cn1. The third-order valence-electron chi connectivity index (χ3n) is 5.52. The number of aromatic nitrogens is 8. The molecule has 4 aromatic heterocycles. The van der Waals surface area contributed by atoms with E-state index in [4.69, 9.17) is 0 Å². The third-order valence-corrected chi connectivity index (χ3v) is 5.52. The lowest BCUT2D eigenvalue weighted by molar-refractivity contribution is 0.0946. The smallest absolute Gasteiger partial charge is 0.273 e. The fraction of sp³-hybridized carbons (Fsp3) is 0.429. The summed E-state index contributed by atoms with van der Waals surface area (Å²) in [6.45, 7) is 1.11. The zero-order valence-corrected chi connectivity index (χ0v) is 17.5. The summed E-state index contributed by atoms with van der Waals surface area (Å²) in [5.41, 5.74) is 4.42. The number of aromatic amines is 1. The van der Waals surface area contributed by atoms with Crippen molar-refractivity contribution >= 4 is 16.9 Å². The lowest BCUT2D eigenvalue weighted by Crippen LogP contribution is -2.23. The van der Waals surface area contributed by atoms with Crippen molar-refractivity contribution in [3.8, 4) is 0 Å². The van der Waals surface area contributed by atoms with Gasteiger partial charge < -0.3 is 10.3 Å². The fourth-order valence-corrected chi connectivity index (χ4v) is 3.66. The Balaban J connectivity index is 1.08. The van der Waals surface area contributed by atoms with Crippen molar-refractivity contribution < 1.29 is 4.79 Å². The minimum Gasteiger partial charge on any atom is -0.346 e. The Morgan fingerprint density at radius 2 is 2.10 bits per heavy atom. The Morgan fingerprint density at radius 3 is 2.90 bits per heavy atom. The van der Waals surface area contributed by atoms with Crippen molar-refractivity contribution in [1.82, 2.24) is 45.3 Å². The molecule has 10 nitrogen and oxygen atoms in total. The van der Waals surface area contributed by atoms with Crippen LogP contribution in [0.5, 0.6) is 0 Å².